The Kier molecular flexibility index (Phi) is 5.09. The van der Waals surface area contributed by atoms with Crippen LogP contribution in [0.1, 0.15) is 28.4 Å². The third kappa shape index (κ3) is 3.02. The smallest absolute Gasteiger partial charge is 0.128 e. The Morgan fingerprint density at radius 2 is 1.85 bits per heavy atom. The molecule has 20 heavy (non-hydrogen) atoms. The van der Waals surface area contributed by atoms with Crippen LogP contribution in [0.3, 0.4) is 0 Å². The topological polar surface area (TPSA) is 29.5 Å². The number of aryl methyl sites for hydroxylation is 1. The summed E-state index contributed by atoms with van der Waals surface area (Å²) >= 11 is 5.69. The van der Waals surface area contributed by atoms with E-state index in [1.807, 2.05) is 44.2 Å². The largest absolute Gasteiger partial charge is 0.496 e. The first-order chi connectivity index (χ1) is 9.45. The fraction of sp³-hybridized carbons (Fsp3) is 0.250. The lowest BCUT2D eigenvalue weighted by molar-refractivity contribution is 0.213. The molecule has 1 N–H and O–H groups in total. The molecule has 1 unspecified atom stereocenters. The number of ether oxygens (including phenoxy) is 1. The molecule has 0 bridgehead atoms. The van der Waals surface area contributed by atoms with Crippen molar-refractivity contribution in [3.8, 4) is 5.75 Å². The van der Waals surface area contributed by atoms with Gasteiger partial charge in [-0.05, 0) is 71.3 Å². The molecule has 2 aromatic rings. The third-order valence-corrected chi connectivity index (χ3v) is 4.93. The van der Waals surface area contributed by atoms with E-state index in [4.69, 9.17) is 4.74 Å². The van der Waals surface area contributed by atoms with Gasteiger partial charge in [-0.2, -0.15) is 0 Å². The molecule has 0 aliphatic carbocycles. The Morgan fingerprint density at radius 1 is 1.15 bits per heavy atom. The van der Waals surface area contributed by atoms with Gasteiger partial charge in [-0.1, -0.05) is 28.1 Å². The summed E-state index contributed by atoms with van der Waals surface area (Å²) in [5.74, 6) is 0.758. The summed E-state index contributed by atoms with van der Waals surface area (Å²) in [6.07, 6.45) is -0.700. The minimum atomic E-state index is -0.700. The van der Waals surface area contributed by atoms with E-state index < -0.39 is 6.10 Å². The van der Waals surface area contributed by atoms with Gasteiger partial charge in [0.05, 0.1) is 7.11 Å². The van der Waals surface area contributed by atoms with Crippen LogP contribution < -0.4 is 4.74 Å². The highest BCUT2D eigenvalue weighted by molar-refractivity contribution is 14.1. The zero-order valence-corrected chi connectivity index (χ0v) is 15.3. The van der Waals surface area contributed by atoms with E-state index in [0.29, 0.717) is 0 Å². The average Bonchev–Trinajstić information content (AvgIpc) is 2.43. The Hall–Kier alpha value is -0.590. The van der Waals surface area contributed by atoms with Crippen LogP contribution in [0.5, 0.6) is 5.75 Å². The van der Waals surface area contributed by atoms with Crippen LogP contribution in [0.2, 0.25) is 0 Å². The van der Waals surface area contributed by atoms with Crippen LogP contribution in [0.25, 0.3) is 0 Å². The summed E-state index contributed by atoms with van der Waals surface area (Å²) < 4.78 is 7.48. The lowest BCUT2D eigenvalue weighted by Crippen LogP contribution is -2.06. The molecule has 0 aliphatic heterocycles. The van der Waals surface area contributed by atoms with Gasteiger partial charge < -0.3 is 9.84 Å². The van der Waals surface area contributed by atoms with Gasteiger partial charge in [0.2, 0.25) is 0 Å². The Balaban J connectivity index is 2.56. The molecule has 2 aromatic carbocycles. The average molecular weight is 447 g/mol. The molecule has 0 fully saturated rings. The molecule has 0 saturated carbocycles. The molecule has 1 atom stereocenters. The summed E-state index contributed by atoms with van der Waals surface area (Å²) in [5.41, 5.74) is 3.89. The molecule has 2 rings (SSSR count). The van der Waals surface area contributed by atoms with Crippen LogP contribution in [0.4, 0.5) is 0 Å². The molecule has 0 radical (unpaired) electrons. The Morgan fingerprint density at radius 3 is 2.50 bits per heavy atom. The molecule has 2 nitrogen and oxygen atoms in total. The van der Waals surface area contributed by atoms with E-state index in [-0.39, 0.29) is 0 Å². The highest BCUT2D eigenvalue weighted by Crippen LogP contribution is 2.36. The van der Waals surface area contributed by atoms with Crippen molar-refractivity contribution in [1.82, 2.24) is 0 Å². The highest BCUT2D eigenvalue weighted by atomic mass is 127. The molecule has 106 valence electrons. The van der Waals surface area contributed by atoms with Crippen LogP contribution in [0.15, 0.2) is 34.8 Å². The second-order valence-electron chi connectivity index (χ2n) is 4.70. The van der Waals surface area contributed by atoms with Crippen LogP contribution >= 0.6 is 38.5 Å². The van der Waals surface area contributed by atoms with Crippen molar-refractivity contribution >= 4 is 38.5 Å². The Bertz CT molecular complexity index is 641. The number of methoxy groups -OCH3 is 1. The van der Waals surface area contributed by atoms with E-state index in [1.54, 1.807) is 7.11 Å². The first-order valence-corrected chi connectivity index (χ1v) is 8.10. The number of benzene rings is 2. The predicted octanol–water partition coefficient (Wildman–Crippen LogP) is 4.76. The number of hydrogen-bond donors (Lipinski definition) is 1. The van der Waals surface area contributed by atoms with Crippen molar-refractivity contribution in [3.05, 3.63) is 60.6 Å². The van der Waals surface area contributed by atoms with Crippen molar-refractivity contribution in [2.45, 2.75) is 20.0 Å². The third-order valence-electron chi connectivity index (χ3n) is 3.46. The van der Waals surface area contributed by atoms with Crippen molar-refractivity contribution in [3.63, 3.8) is 0 Å². The minimum absolute atomic E-state index is 0.700. The van der Waals surface area contributed by atoms with Crippen LogP contribution in [-0.4, -0.2) is 12.2 Å². The SMILES string of the molecule is COc1c(C(O)c2cc(Br)ccc2I)ccc(C)c1C. The quantitative estimate of drug-likeness (QED) is 0.688. The number of aliphatic hydroxyl groups is 1. The van der Waals surface area contributed by atoms with Gasteiger partial charge in [0.25, 0.3) is 0 Å². The van der Waals surface area contributed by atoms with Gasteiger partial charge in [-0.15, -0.1) is 0 Å². The first-order valence-electron chi connectivity index (χ1n) is 6.22. The standard InChI is InChI=1S/C16H16BrIO2/c1-9-4-6-12(16(20-3)10(9)2)15(19)13-8-11(17)5-7-14(13)18/h4-8,15,19H,1-3H3. The van der Waals surface area contributed by atoms with E-state index in [0.717, 1.165) is 36.0 Å². The lowest BCUT2D eigenvalue weighted by Gasteiger charge is -2.19. The summed E-state index contributed by atoms with van der Waals surface area (Å²) in [5, 5.41) is 10.7. The monoisotopic (exact) mass is 446 g/mol. The number of hydrogen-bond acceptors (Lipinski definition) is 2. The van der Waals surface area contributed by atoms with Gasteiger partial charge in [0, 0.05) is 13.6 Å². The first kappa shape index (κ1) is 15.8. The summed E-state index contributed by atoms with van der Waals surface area (Å²) in [6, 6.07) is 9.84. The van der Waals surface area contributed by atoms with Gasteiger partial charge in [-0.3, -0.25) is 0 Å². The molecule has 0 aliphatic rings. The molecular weight excluding hydrogens is 431 g/mol. The second kappa shape index (κ2) is 6.45. The van der Waals surface area contributed by atoms with Gasteiger partial charge >= 0.3 is 0 Å². The van der Waals surface area contributed by atoms with E-state index in [2.05, 4.69) is 38.5 Å². The summed E-state index contributed by atoms with van der Waals surface area (Å²) in [4.78, 5) is 0. The van der Waals surface area contributed by atoms with Crippen LogP contribution in [-0.2, 0) is 0 Å². The molecule has 0 heterocycles. The molecular formula is C16H16BrIO2. The van der Waals surface area contributed by atoms with Gasteiger partial charge in [0.15, 0.2) is 0 Å². The highest BCUT2D eigenvalue weighted by Gasteiger charge is 2.20. The number of aliphatic hydroxyl groups excluding tert-OH is 1. The van der Waals surface area contributed by atoms with Crippen molar-refractivity contribution < 1.29 is 9.84 Å². The zero-order chi connectivity index (χ0) is 14.9. The predicted molar refractivity (Wildman–Crippen MR) is 93.4 cm³/mol. The van der Waals surface area contributed by atoms with E-state index in [9.17, 15) is 5.11 Å². The maximum atomic E-state index is 10.7. The van der Waals surface area contributed by atoms with Crippen molar-refractivity contribution in [2.75, 3.05) is 7.11 Å². The molecule has 0 amide bonds. The molecule has 0 aromatic heterocycles. The maximum Gasteiger partial charge on any atom is 0.128 e. The second-order valence-corrected chi connectivity index (χ2v) is 6.78. The number of rotatable bonds is 3. The van der Waals surface area contributed by atoms with Crippen molar-refractivity contribution in [2.24, 2.45) is 0 Å². The van der Waals surface area contributed by atoms with Gasteiger partial charge in [0.1, 0.15) is 11.9 Å². The van der Waals surface area contributed by atoms with E-state index >= 15 is 0 Å². The zero-order valence-electron chi connectivity index (χ0n) is 11.6. The number of halogens is 2. The summed E-state index contributed by atoms with van der Waals surface area (Å²) in [6.45, 7) is 4.05. The van der Waals surface area contributed by atoms with Crippen LogP contribution in [0, 0.1) is 17.4 Å². The minimum Gasteiger partial charge on any atom is -0.496 e. The fourth-order valence-corrected chi connectivity index (χ4v) is 3.20. The lowest BCUT2D eigenvalue weighted by atomic mass is 9.96. The fourth-order valence-electron chi connectivity index (χ4n) is 2.19. The molecule has 0 saturated heterocycles. The van der Waals surface area contributed by atoms with E-state index in [1.165, 1.54) is 0 Å². The van der Waals surface area contributed by atoms with Gasteiger partial charge in [-0.25, -0.2) is 0 Å². The normalized spacial score (nSPS) is 12.3. The molecule has 0 spiro atoms. The maximum absolute atomic E-state index is 10.7. The summed E-state index contributed by atoms with van der Waals surface area (Å²) in [7, 11) is 1.64. The molecule has 4 heteroatoms. The van der Waals surface area contributed by atoms with Crippen molar-refractivity contribution in [1.29, 1.82) is 0 Å². The Labute approximate surface area is 141 Å².